The van der Waals surface area contributed by atoms with E-state index in [1.165, 1.54) is 18.3 Å². The molecule has 0 unspecified atom stereocenters. The lowest BCUT2D eigenvalue weighted by molar-refractivity contribution is 0.0522. The number of benzene rings is 1. The standard InChI is InChI=1S/C17H15F2NO3/c1-4-11-6-7-20-16(14(11)17(21)22-5-2)23-15-12(18)8-10(3)9-13(15)19/h4,6-9H,1,5H2,2-3H3. The molecule has 0 aliphatic carbocycles. The lowest BCUT2D eigenvalue weighted by Crippen LogP contribution is -2.10. The number of esters is 1. The van der Waals surface area contributed by atoms with Gasteiger partial charge in [0.25, 0.3) is 0 Å². The Morgan fingerprint density at radius 3 is 2.57 bits per heavy atom. The molecular weight excluding hydrogens is 304 g/mol. The number of halogens is 2. The van der Waals surface area contributed by atoms with Crippen LogP contribution in [-0.4, -0.2) is 17.6 Å². The van der Waals surface area contributed by atoms with Gasteiger partial charge in [0.15, 0.2) is 11.6 Å². The van der Waals surface area contributed by atoms with Crippen LogP contribution in [0.1, 0.15) is 28.4 Å². The van der Waals surface area contributed by atoms with Crippen LogP contribution in [0.2, 0.25) is 0 Å². The minimum atomic E-state index is -0.886. The summed E-state index contributed by atoms with van der Waals surface area (Å²) in [5.41, 5.74) is 0.760. The zero-order valence-corrected chi connectivity index (χ0v) is 12.7. The first kappa shape index (κ1) is 16.6. The van der Waals surface area contributed by atoms with Crippen molar-refractivity contribution in [2.75, 3.05) is 6.61 Å². The Morgan fingerprint density at radius 2 is 2.00 bits per heavy atom. The molecule has 120 valence electrons. The third-order valence-electron chi connectivity index (χ3n) is 2.99. The zero-order valence-electron chi connectivity index (χ0n) is 12.7. The molecule has 1 aromatic heterocycles. The normalized spacial score (nSPS) is 10.3. The molecule has 1 heterocycles. The quantitative estimate of drug-likeness (QED) is 0.772. The SMILES string of the molecule is C=Cc1ccnc(Oc2c(F)cc(C)cc2F)c1C(=O)OCC. The maximum Gasteiger partial charge on any atom is 0.344 e. The Bertz CT molecular complexity index is 736. The van der Waals surface area contributed by atoms with Crippen LogP contribution in [0.5, 0.6) is 11.6 Å². The average Bonchev–Trinajstić information content (AvgIpc) is 2.50. The van der Waals surface area contributed by atoms with Crippen molar-refractivity contribution in [3.8, 4) is 11.6 Å². The monoisotopic (exact) mass is 319 g/mol. The Hall–Kier alpha value is -2.76. The van der Waals surface area contributed by atoms with E-state index in [0.29, 0.717) is 11.1 Å². The summed E-state index contributed by atoms with van der Waals surface area (Å²) in [6, 6.07) is 3.77. The van der Waals surface area contributed by atoms with Crippen molar-refractivity contribution in [2.24, 2.45) is 0 Å². The first-order valence-electron chi connectivity index (χ1n) is 6.90. The lowest BCUT2D eigenvalue weighted by atomic mass is 10.1. The van der Waals surface area contributed by atoms with Crippen molar-refractivity contribution in [3.05, 3.63) is 59.3 Å². The summed E-state index contributed by atoms with van der Waals surface area (Å²) in [6.07, 6.45) is 2.75. The number of hydrogen-bond acceptors (Lipinski definition) is 4. The maximum absolute atomic E-state index is 13.9. The van der Waals surface area contributed by atoms with Crippen LogP contribution in [0.15, 0.2) is 31.0 Å². The second-order valence-electron chi connectivity index (χ2n) is 4.66. The number of hydrogen-bond donors (Lipinski definition) is 0. The minimum Gasteiger partial charge on any atom is -0.462 e. The molecule has 0 aliphatic rings. The largest absolute Gasteiger partial charge is 0.462 e. The topological polar surface area (TPSA) is 48.4 Å². The van der Waals surface area contributed by atoms with E-state index in [4.69, 9.17) is 9.47 Å². The Labute approximate surface area is 132 Å². The molecule has 6 heteroatoms. The van der Waals surface area contributed by atoms with Gasteiger partial charge in [-0.1, -0.05) is 12.7 Å². The predicted molar refractivity (Wildman–Crippen MR) is 81.5 cm³/mol. The highest BCUT2D eigenvalue weighted by Crippen LogP contribution is 2.31. The highest BCUT2D eigenvalue weighted by atomic mass is 19.1. The zero-order chi connectivity index (χ0) is 17.0. The van der Waals surface area contributed by atoms with Gasteiger partial charge in [-0.3, -0.25) is 0 Å². The number of pyridine rings is 1. The van der Waals surface area contributed by atoms with Gasteiger partial charge in [0, 0.05) is 6.20 Å². The number of rotatable bonds is 5. The Kier molecular flexibility index (Phi) is 5.05. The van der Waals surface area contributed by atoms with Crippen molar-refractivity contribution in [3.63, 3.8) is 0 Å². The number of carbonyl (C=O) groups is 1. The van der Waals surface area contributed by atoms with Crippen LogP contribution in [0.4, 0.5) is 8.78 Å². The molecule has 0 atom stereocenters. The van der Waals surface area contributed by atoms with Crippen LogP contribution in [-0.2, 0) is 4.74 Å². The molecule has 0 saturated carbocycles. The summed E-state index contributed by atoms with van der Waals surface area (Å²) >= 11 is 0. The highest BCUT2D eigenvalue weighted by Gasteiger charge is 2.22. The van der Waals surface area contributed by atoms with Crippen molar-refractivity contribution in [2.45, 2.75) is 13.8 Å². The minimum absolute atomic E-state index is 0.0382. The van der Waals surface area contributed by atoms with Gasteiger partial charge in [-0.05, 0) is 43.2 Å². The lowest BCUT2D eigenvalue weighted by Gasteiger charge is -2.13. The molecule has 2 aromatic rings. The van der Waals surface area contributed by atoms with E-state index >= 15 is 0 Å². The fourth-order valence-electron chi connectivity index (χ4n) is 1.99. The summed E-state index contributed by atoms with van der Waals surface area (Å²) in [6.45, 7) is 6.92. The van der Waals surface area contributed by atoms with E-state index in [0.717, 1.165) is 12.1 Å². The number of carbonyl (C=O) groups excluding carboxylic acids is 1. The highest BCUT2D eigenvalue weighted by molar-refractivity contribution is 5.96. The fraction of sp³-hybridized carbons (Fsp3) is 0.176. The predicted octanol–water partition coefficient (Wildman–Crippen LogP) is 4.28. The molecule has 2 rings (SSSR count). The second kappa shape index (κ2) is 7.00. The second-order valence-corrected chi connectivity index (χ2v) is 4.66. The van der Waals surface area contributed by atoms with Crippen LogP contribution >= 0.6 is 0 Å². The first-order chi connectivity index (χ1) is 11.0. The molecule has 0 saturated heterocycles. The fourth-order valence-corrected chi connectivity index (χ4v) is 1.99. The van der Waals surface area contributed by atoms with E-state index in [9.17, 15) is 13.6 Å². The van der Waals surface area contributed by atoms with Gasteiger partial charge in [0.05, 0.1) is 6.61 Å². The Morgan fingerprint density at radius 1 is 1.35 bits per heavy atom. The molecule has 0 fully saturated rings. The van der Waals surface area contributed by atoms with E-state index in [1.54, 1.807) is 13.8 Å². The molecule has 23 heavy (non-hydrogen) atoms. The molecule has 4 nitrogen and oxygen atoms in total. The maximum atomic E-state index is 13.9. The summed E-state index contributed by atoms with van der Waals surface area (Å²) in [4.78, 5) is 16.0. The van der Waals surface area contributed by atoms with Gasteiger partial charge in [-0.15, -0.1) is 0 Å². The van der Waals surface area contributed by atoms with Crippen LogP contribution in [0, 0.1) is 18.6 Å². The van der Waals surface area contributed by atoms with Crippen molar-refractivity contribution < 1.29 is 23.0 Å². The molecular formula is C17H15F2NO3. The van der Waals surface area contributed by atoms with E-state index in [2.05, 4.69) is 11.6 Å². The smallest absolute Gasteiger partial charge is 0.344 e. The molecule has 0 spiro atoms. The first-order valence-corrected chi connectivity index (χ1v) is 6.90. The van der Waals surface area contributed by atoms with Crippen LogP contribution in [0.3, 0.4) is 0 Å². The molecule has 0 bridgehead atoms. The van der Waals surface area contributed by atoms with Crippen LogP contribution < -0.4 is 4.74 Å². The molecule has 0 radical (unpaired) electrons. The number of aryl methyl sites for hydroxylation is 1. The third-order valence-corrected chi connectivity index (χ3v) is 2.99. The van der Waals surface area contributed by atoms with Crippen LogP contribution in [0.25, 0.3) is 6.08 Å². The van der Waals surface area contributed by atoms with Gasteiger partial charge < -0.3 is 9.47 Å². The van der Waals surface area contributed by atoms with E-state index in [-0.39, 0.29) is 18.1 Å². The van der Waals surface area contributed by atoms with Crippen molar-refractivity contribution in [1.29, 1.82) is 0 Å². The van der Waals surface area contributed by atoms with Gasteiger partial charge in [0.1, 0.15) is 5.56 Å². The summed E-state index contributed by atoms with van der Waals surface area (Å²) in [5.74, 6) is -3.36. The third kappa shape index (κ3) is 3.53. The van der Waals surface area contributed by atoms with Crippen molar-refractivity contribution >= 4 is 12.0 Å². The van der Waals surface area contributed by atoms with Gasteiger partial charge in [-0.2, -0.15) is 0 Å². The molecule has 1 aromatic carbocycles. The summed E-state index contributed by atoms with van der Waals surface area (Å²) in [5, 5.41) is 0. The molecule has 0 N–H and O–H groups in total. The van der Waals surface area contributed by atoms with E-state index < -0.39 is 23.4 Å². The van der Waals surface area contributed by atoms with Gasteiger partial charge >= 0.3 is 5.97 Å². The van der Waals surface area contributed by atoms with Crippen molar-refractivity contribution in [1.82, 2.24) is 4.98 Å². The molecule has 0 aliphatic heterocycles. The summed E-state index contributed by atoms with van der Waals surface area (Å²) in [7, 11) is 0. The number of aromatic nitrogens is 1. The number of ether oxygens (including phenoxy) is 2. The Balaban J connectivity index is 2.52. The van der Waals surface area contributed by atoms with E-state index in [1.807, 2.05) is 0 Å². The van der Waals surface area contributed by atoms with Gasteiger partial charge in [-0.25, -0.2) is 18.6 Å². The number of nitrogens with zero attached hydrogens (tertiary/aromatic N) is 1. The summed E-state index contributed by atoms with van der Waals surface area (Å²) < 4.78 is 38.0. The average molecular weight is 319 g/mol. The molecule has 0 amide bonds. The van der Waals surface area contributed by atoms with Gasteiger partial charge in [0.2, 0.25) is 11.6 Å².